The van der Waals surface area contributed by atoms with Crippen molar-refractivity contribution in [1.82, 2.24) is 0 Å². The van der Waals surface area contributed by atoms with Gasteiger partial charge in [-0.15, -0.1) is 11.3 Å². The summed E-state index contributed by atoms with van der Waals surface area (Å²) in [4.78, 5) is 12.3. The number of thiophene rings is 1. The summed E-state index contributed by atoms with van der Waals surface area (Å²) < 4.78 is 0. The molecule has 0 aliphatic rings. The zero-order valence-corrected chi connectivity index (χ0v) is 9.43. The van der Waals surface area contributed by atoms with Crippen molar-refractivity contribution in [3.05, 3.63) is 21.9 Å². The Morgan fingerprint density at radius 2 is 2.29 bits per heavy atom. The van der Waals surface area contributed by atoms with Gasteiger partial charge in [0.15, 0.2) is 0 Å². The number of ketones is 1. The van der Waals surface area contributed by atoms with Crippen molar-refractivity contribution < 1.29 is 9.90 Å². The van der Waals surface area contributed by atoms with E-state index in [1.165, 1.54) is 0 Å². The second-order valence-electron chi connectivity index (χ2n) is 3.70. The summed E-state index contributed by atoms with van der Waals surface area (Å²) in [5.74, 6) is 0.438. The van der Waals surface area contributed by atoms with Gasteiger partial charge in [0.25, 0.3) is 0 Å². The molecule has 0 saturated carbocycles. The molecule has 78 valence electrons. The summed E-state index contributed by atoms with van der Waals surface area (Å²) in [5, 5.41) is 10.9. The number of hydrogen-bond acceptors (Lipinski definition) is 3. The quantitative estimate of drug-likeness (QED) is 0.813. The van der Waals surface area contributed by atoms with Gasteiger partial charge in [-0.2, -0.15) is 0 Å². The van der Waals surface area contributed by atoms with Gasteiger partial charge in [-0.25, -0.2) is 0 Å². The van der Waals surface area contributed by atoms with Crippen molar-refractivity contribution in [2.24, 2.45) is 5.92 Å². The zero-order valence-electron chi connectivity index (χ0n) is 8.62. The Bertz CT molecular complexity index is 302. The smallest absolute Gasteiger partial charge is 0.135 e. The Hall–Kier alpha value is -0.670. The van der Waals surface area contributed by atoms with Crippen LogP contribution in [0.2, 0.25) is 0 Å². The highest BCUT2D eigenvalue weighted by Crippen LogP contribution is 2.16. The number of Topliss-reactive ketones (excluding diaryl/α,β-unsaturated/α-hetero) is 1. The minimum absolute atomic E-state index is 0.1000. The first-order valence-corrected chi connectivity index (χ1v) is 5.71. The molecule has 1 heterocycles. The molecule has 0 aromatic carbocycles. The van der Waals surface area contributed by atoms with Crippen LogP contribution in [0.3, 0.4) is 0 Å². The minimum atomic E-state index is 0.1000. The SMILES string of the molecule is CC(C)C(=O)CCc1csc(CO)c1. The van der Waals surface area contributed by atoms with Crippen molar-refractivity contribution in [3.8, 4) is 0 Å². The predicted molar refractivity (Wildman–Crippen MR) is 58.4 cm³/mol. The molecule has 0 bridgehead atoms. The maximum atomic E-state index is 11.3. The van der Waals surface area contributed by atoms with Crippen molar-refractivity contribution in [1.29, 1.82) is 0 Å². The molecule has 1 aromatic heterocycles. The lowest BCUT2D eigenvalue weighted by Gasteiger charge is -2.01. The second-order valence-corrected chi connectivity index (χ2v) is 4.70. The van der Waals surface area contributed by atoms with Crippen LogP contribution >= 0.6 is 11.3 Å². The molecule has 1 aromatic rings. The van der Waals surface area contributed by atoms with Crippen molar-refractivity contribution in [3.63, 3.8) is 0 Å². The second kappa shape index (κ2) is 5.27. The largest absolute Gasteiger partial charge is 0.391 e. The first kappa shape index (κ1) is 11.4. The van der Waals surface area contributed by atoms with Crippen LogP contribution in [-0.2, 0) is 17.8 Å². The lowest BCUT2D eigenvalue weighted by Crippen LogP contribution is -2.07. The first-order chi connectivity index (χ1) is 6.63. The molecule has 0 atom stereocenters. The van der Waals surface area contributed by atoms with Gasteiger partial charge in [-0.3, -0.25) is 4.79 Å². The average molecular weight is 212 g/mol. The maximum Gasteiger partial charge on any atom is 0.135 e. The molecule has 14 heavy (non-hydrogen) atoms. The summed E-state index contributed by atoms with van der Waals surface area (Å²) in [7, 11) is 0. The van der Waals surface area contributed by atoms with E-state index in [1.807, 2.05) is 25.3 Å². The third kappa shape index (κ3) is 3.24. The summed E-state index contributed by atoms with van der Waals surface area (Å²) in [5.41, 5.74) is 1.16. The van der Waals surface area contributed by atoms with Gasteiger partial charge in [0.05, 0.1) is 6.61 Å². The van der Waals surface area contributed by atoms with E-state index in [4.69, 9.17) is 5.11 Å². The van der Waals surface area contributed by atoms with E-state index in [9.17, 15) is 4.79 Å². The summed E-state index contributed by atoms with van der Waals surface area (Å²) >= 11 is 1.55. The lowest BCUT2D eigenvalue weighted by atomic mass is 10.0. The summed E-state index contributed by atoms with van der Waals surface area (Å²) in [6.45, 7) is 3.95. The first-order valence-electron chi connectivity index (χ1n) is 4.83. The molecule has 1 N–H and O–H groups in total. The topological polar surface area (TPSA) is 37.3 Å². The molecule has 0 radical (unpaired) electrons. The summed E-state index contributed by atoms with van der Waals surface area (Å²) in [6.07, 6.45) is 1.41. The third-order valence-corrected chi connectivity index (χ3v) is 3.14. The van der Waals surface area contributed by atoms with E-state index in [2.05, 4.69) is 0 Å². The molecule has 0 amide bonds. The average Bonchev–Trinajstić information content (AvgIpc) is 2.61. The van der Waals surface area contributed by atoms with Gasteiger partial charge in [0, 0.05) is 17.2 Å². The molecule has 0 unspecified atom stereocenters. The van der Waals surface area contributed by atoms with Crippen molar-refractivity contribution in [2.75, 3.05) is 0 Å². The molecular weight excluding hydrogens is 196 g/mol. The third-order valence-electron chi connectivity index (χ3n) is 2.17. The number of carbonyl (C=O) groups is 1. The van der Waals surface area contributed by atoms with Gasteiger partial charge < -0.3 is 5.11 Å². The van der Waals surface area contributed by atoms with Crippen LogP contribution in [0, 0.1) is 5.92 Å². The van der Waals surface area contributed by atoms with E-state index in [0.717, 1.165) is 16.9 Å². The van der Waals surface area contributed by atoms with Crippen molar-refractivity contribution in [2.45, 2.75) is 33.3 Å². The molecule has 3 heteroatoms. The molecular formula is C11H16O2S. The van der Waals surface area contributed by atoms with Crippen LogP contribution in [0.1, 0.15) is 30.7 Å². The van der Waals surface area contributed by atoms with E-state index in [-0.39, 0.29) is 12.5 Å². The highest BCUT2D eigenvalue weighted by Gasteiger charge is 2.07. The maximum absolute atomic E-state index is 11.3. The van der Waals surface area contributed by atoms with E-state index < -0.39 is 0 Å². The standard InChI is InChI=1S/C11H16O2S/c1-8(2)11(13)4-3-9-5-10(6-12)14-7-9/h5,7-8,12H,3-4,6H2,1-2H3. The van der Waals surface area contributed by atoms with Crippen LogP contribution < -0.4 is 0 Å². The van der Waals surface area contributed by atoms with Crippen molar-refractivity contribution >= 4 is 17.1 Å². The van der Waals surface area contributed by atoms with Crippen LogP contribution in [0.4, 0.5) is 0 Å². The highest BCUT2D eigenvalue weighted by atomic mass is 32.1. The Morgan fingerprint density at radius 3 is 2.79 bits per heavy atom. The molecule has 0 aliphatic heterocycles. The van der Waals surface area contributed by atoms with Crippen LogP contribution in [-0.4, -0.2) is 10.9 Å². The van der Waals surface area contributed by atoms with Gasteiger partial charge >= 0.3 is 0 Å². The predicted octanol–water partition coefficient (Wildman–Crippen LogP) is 2.40. The monoisotopic (exact) mass is 212 g/mol. The lowest BCUT2D eigenvalue weighted by molar-refractivity contribution is -0.121. The fourth-order valence-electron chi connectivity index (χ4n) is 1.20. The fraction of sp³-hybridized carbons (Fsp3) is 0.545. The Kier molecular flexibility index (Phi) is 4.29. The van der Waals surface area contributed by atoms with Gasteiger partial charge in [0.1, 0.15) is 5.78 Å². The van der Waals surface area contributed by atoms with Gasteiger partial charge in [-0.05, 0) is 23.4 Å². The number of hydrogen-bond donors (Lipinski definition) is 1. The van der Waals surface area contributed by atoms with Crippen LogP contribution in [0.25, 0.3) is 0 Å². The van der Waals surface area contributed by atoms with Crippen LogP contribution in [0.5, 0.6) is 0 Å². The number of aryl methyl sites for hydroxylation is 1. The Morgan fingerprint density at radius 1 is 1.57 bits per heavy atom. The Labute approximate surface area is 88.6 Å². The Balaban J connectivity index is 2.41. The van der Waals surface area contributed by atoms with Crippen LogP contribution in [0.15, 0.2) is 11.4 Å². The van der Waals surface area contributed by atoms with E-state index in [1.54, 1.807) is 11.3 Å². The number of carbonyl (C=O) groups excluding carboxylic acids is 1. The van der Waals surface area contributed by atoms with E-state index >= 15 is 0 Å². The summed E-state index contributed by atoms with van der Waals surface area (Å²) in [6, 6.07) is 1.97. The molecule has 0 spiro atoms. The van der Waals surface area contributed by atoms with E-state index in [0.29, 0.717) is 12.2 Å². The fourth-order valence-corrected chi connectivity index (χ4v) is 1.98. The molecule has 1 rings (SSSR count). The van der Waals surface area contributed by atoms with Gasteiger partial charge in [-0.1, -0.05) is 13.8 Å². The number of rotatable bonds is 5. The minimum Gasteiger partial charge on any atom is -0.391 e. The highest BCUT2D eigenvalue weighted by molar-refractivity contribution is 7.10. The zero-order chi connectivity index (χ0) is 10.6. The number of aliphatic hydroxyl groups is 1. The molecule has 0 aliphatic carbocycles. The molecule has 0 fully saturated rings. The molecule has 2 nitrogen and oxygen atoms in total. The van der Waals surface area contributed by atoms with Gasteiger partial charge in [0.2, 0.25) is 0 Å². The number of aliphatic hydroxyl groups excluding tert-OH is 1. The normalized spacial score (nSPS) is 10.9. The molecule has 0 saturated heterocycles.